The van der Waals surface area contributed by atoms with Crippen molar-refractivity contribution < 1.29 is 9.53 Å². The van der Waals surface area contributed by atoms with Crippen molar-refractivity contribution in [3.8, 4) is 0 Å². The first-order valence-corrected chi connectivity index (χ1v) is 11.4. The van der Waals surface area contributed by atoms with E-state index in [1.807, 2.05) is 6.92 Å². The topological polar surface area (TPSA) is 57.7 Å². The quantitative estimate of drug-likeness (QED) is 0.788. The lowest BCUT2D eigenvalue weighted by Gasteiger charge is -2.32. The van der Waals surface area contributed by atoms with Gasteiger partial charge in [-0.3, -0.25) is 4.79 Å². The van der Waals surface area contributed by atoms with Gasteiger partial charge in [0.05, 0.1) is 18.9 Å². The number of hydrogen-bond acceptors (Lipinski definition) is 6. The third-order valence-electron chi connectivity index (χ3n) is 5.76. The first-order valence-electron chi connectivity index (χ1n) is 10.6. The lowest BCUT2D eigenvalue weighted by molar-refractivity contribution is 0.0915. The Kier molecular flexibility index (Phi) is 6.79. The van der Waals surface area contributed by atoms with Crippen molar-refractivity contribution >= 4 is 22.4 Å². The van der Waals surface area contributed by atoms with Crippen molar-refractivity contribution in [1.82, 2.24) is 15.2 Å². The molecule has 6 nitrogen and oxygen atoms in total. The summed E-state index contributed by atoms with van der Waals surface area (Å²) >= 11 is 1.51. The molecule has 2 aromatic rings. The molecule has 0 spiro atoms. The van der Waals surface area contributed by atoms with Crippen molar-refractivity contribution in [1.29, 1.82) is 0 Å². The maximum absolute atomic E-state index is 12.8. The SMILES string of the molecule is Cc1nc(N2CCOCC2)sc1C(=O)NC1CCN(CCc2ccccc2)CC1. The molecule has 1 N–H and O–H groups in total. The number of carbonyl (C=O) groups is 1. The molecule has 2 saturated heterocycles. The van der Waals surface area contributed by atoms with E-state index < -0.39 is 0 Å². The molecular formula is C22H30N4O2S. The number of benzene rings is 1. The van der Waals surface area contributed by atoms with Crippen LogP contribution in [0.2, 0.25) is 0 Å². The molecule has 1 amide bonds. The van der Waals surface area contributed by atoms with Crippen molar-refractivity contribution in [2.45, 2.75) is 32.2 Å². The van der Waals surface area contributed by atoms with Gasteiger partial charge >= 0.3 is 0 Å². The second kappa shape index (κ2) is 9.69. The van der Waals surface area contributed by atoms with E-state index in [0.717, 1.165) is 80.9 Å². The maximum Gasteiger partial charge on any atom is 0.263 e. The van der Waals surface area contributed by atoms with Gasteiger partial charge < -0.3 is 19.9 Å². The zero-order valence-electron chi connectivity index (χ0n) is 17.1. The van der Waals surface area contributed by atoms with Gasteiger partial charge in [-0.05, 0) is 31.7 Å². The fraction of sp³-hybridized carbons (Fsp3) is 0.545. The number of nitrogens with one attached hydrogen (secondary N) is 1. The van der Waals surface area contributed by atoms with E-state index in [9.17, 15) is 4.79 Å². The summed E-state index contributed by atoms with van der Waals surface area (Å²) in [6, 6.07) is 10.9. The second-order valence-corrected chi connectivity index (χ2v) is 8.81. The number of ether oxygens (including phenoxy) is 1. The van der Waals surface area contributed by atoms with Crippen LogP contribution in [0.25, 0.3) is 0 Å². The lowest BCUT2D eigenvalue weighted by Crippen LogP contribution is -2.45. The molecule has 0 aliphatic carbocycles. The van der Waals surface area contributed by atoms with Crippen LogP contribution in [0, 0.1) is 6.92 Å². The number of morpholine rings is 1. The molecule has 0 radical (unpaired) electrons. The number of carbonyl (C=O) groups excluding carboxylic acids is 1. The smallest absolute Gasteiger partial charge is 0.263 e. The van der Waals surface area contributed by atoms with Crippen LogP contribution in [0.15, 0.2) is 30.3 Å². The van der Waals surface area contributed by atoms with Crippen LogP contribution < -0.4 is 10.2 Å². The average molecular weight is 415 g/mol. The Labute approximate surface area is 176 Å². The highest BCUT2D eigenvalue weighted by Crippen LogP contribution is 2.27. The van der Waals surface area contributed by atoms with Gasteiger partial charge in [-0.1, -0.05) is 41.7 Å². The first-order chi connectivity index (χ1) is 14.2. The van der Waals surface area contributed by atoms with Crippen molar-refractivity contribution in [3.63, 3.8) is 0 Å². The maximum atomic E-state index is 12.8. The Morgan fingerprint density at radius 3 is 2.62 bits per heavy atom. The Balaban J connectivity index is 1.25. The summed E-state index contributed by atoms with van der Waals surface area (Å²) in [6.07, 6.45) is 3.10. The van der Waals surface area contributed by atoms with Gasteiger partial charge in [0.25, 0.3) is 5.91 Å². The molecule has 0 unspecified atom stereocenters. The van der Waals surface area contributed by atoms with Gasteiger partial charge in [0, 0.05) is 38.8 Å². The van der Waals surface area contributed by atoms with Crippen LogP contribution in [0.3, 0.4) is 0 Å². The summed E-state index contributed by atoms with van der Waals surface area (Å²) < 4.78 is 5.41. The molecule has 0 saturated carbocycles. The minimum Gasteiger partial charge on any atom is -0.378 e. The number of aryl methyl sites for hydroxylation is 1. The highest BCUT2D eigenvalue weighted by molar-refractivity contribution is 7.17. The van der Waals surface area contributed by atoms with Crippen LogP contribution in [0.4, 0.5) is 5.13 Å². The normalized spacial score (nSPS) is 18.7. The number of likely N-dealkylation sites (tertiary alicyclic amines) is 1. The average Bonchev–Trinajstić information content (AvgIpc) is 3.16. The van der Waals surface area contributed by atoms with Crippen LogP contribution in [0.5, 0.6) is 0 Å². The Bertz CT molecular complexity index is 796. The summed E-state index contributed by atoms with van der Waals surface area (Å²) in [6.45, 7) is 8.23. The molecule has 29 heavy (non-hydrogen) atoms. The third kappa shape index (κ3) is 5.35. The van der Waals surface area contributed by atoms with Crippen molar-refractivity contribution in [2.24, 2.45) is 0 Å². The van der Waals surface area contributed by atoms with E-state index in [2.05, 4.69) is 50.4 Å². The number of thiazole rings is 1. The molecule has 3 heterocycles. The number of hydrogen-bond donors (Lipinski definition) is 1. The van der Waals surface area contributed by atoms with E-state index >= 15 is 0 Å². The van der Waals surface area contributed by atoms with E-state index in [1.54, 1.807) is 0 Å². The van der Waals surface area contributed by atoms with E-state index in [-0.39, 0.29) is 11.9 Å². The summed E-state index contributed by atoms with van der Waals surface area (Å²) in [5.74, 6) is 0.0299. The van der Waals surface area contributed by atoms with Gasteiger partial charge in [0.15, 0.2) is 5.13 Å². The van der Waals surface area contributed by atoms with Crippen molar-refractivity contribution in [3.05, 3.63) is 46.5 Å². The zero-order chi connectivity index (χ0) is 20.1. The predicted molar refractivity (Wildman–Crippen MR) is 117 cm³/mol. The highest BCUT2D eigenvalue weighted by atomic mass is 32.1. The Morgan fingerprint density at radius 1 is 1.17 bits per heavy atom. The molecular weight excluding hydrogens is 384 g/mol. The lowest BCUT2D eigenvalue weighted by atomic mass is 10.0. The standard InChI is InChI=1S/C22H30N4O2S/c1-17-20(29-22(23-17)26-13-15-28-16-14-26)21(27)24-19-8-11-25(12-9-19)10-7-18-5-3-2-4-6-18/h2-6,19H,7-16H2,1H3,(H,24,27). The molecule has 7 heteroatoms. The van der Waals surface area contributed by atoms with Crippen LogP contribution >= 0.6 is 11.3 Å². The minimum absolute atomic E-state index is 0.0299. The van der Waals surface area contributed by atoms with Crippen LogP contribution in [0.1, 0.15) is 33.8 Å². The molecule has 1 aromatic carbocycles. The molecule has 0 bridgehead atoms. The summed E-state index contributed by atoms with van der Waals surface area (Å²) in [4.78, 5) is 22.9. The molecule has 2 fully saturated rings. The molecule has 2 aliphatic rings. The monoisotopic (exact) mass is 414 g/mol. The molecule has 4 rings (SSSR count). The fourth-order valence-electron chi connectivity index (χ4n) is 3.97. The summed E-state index contributed by atoms with van der Waals surface area (Å²) in [5.41, 5.74) is 2.22. The first kappa shape index (κ1) is 20.3. The Hall–Kier alpha value is -1.96. The van der Waals surface area contributed by atoms with Gasteiger partial charge in [-0.2, -0.15) is 0 Å². The minimum atomic E-state index is 0.0299. The zero-order valence-corrected chi connectivity index (χ0v) is 17.9. The second-order valence-electron chi connectivity index (χ2n) is 7.84. The molecule has 156 valence electrons. The van der Waals surface area contributed by atoms with Gasteiger partial charge in [-0.25, -0.2) is 4.98 Å². The number of aromatic nitrogens is 1. The summed E-state index contributed by atoms with van der Waals surface area (Å²) in [7, 11) is 0. The number of amides is 1. The molecule has 0 atom stereocenters. The van der Waals surface area contributed by atoms with Crippen LogP contribution in [-0.4, -0.2) is 67.8 Å². The van der Waals surface area contributed by atoms with Gasteiger partial charge in [0.2, 0.25) is 0 Å². The van der Waals surface area contributed by atoms with Crippen LogP contribution in [-0.2, 0) is 11.2 Å². The number of piperidine rings is 1. The molecule has 2 aliphatic heterocycles. The van der Waals surface area contributed by atoms with Crippen molar-refractivity contribution in [2.75, 3.05) is 50.8 Å². The highest BCUT2D eigenvalue weighted by Gasteiger charge is 2.24. The molecule has 1 aromatic heterocycles. The number of anilines is 1. The predicted octanol–water partition coefficient (Wildman–Crippen LogP) is 2.73. The van der Waals surface area contributed by atoms with E-state index in [4.69, 9.17) is 4.74 Å². The largest absolute Gasteiger partial charge is 0.378 e. The van der Waals surface area contributed by atoms with Gasteiger partial charge in [0.1, 0.15) is 4.88 Å². The summed E-state index contributed by atoms with van der Waals surface area (Å²) in [5, 5.41) is 4.18. The Morgan fingerprint density at radius 2 is 1.90 bits per heavy atom. The number of rotatable bonds is 6. The van der Waals surface area contributed by atoms with Gasteiger partial charge in [-0.15, -0.1) is 0 Å². The van der Waals surface area contributed by atoms with E-state index in [1.165, 1.54) is 16.9 Å². The third-order valence-corrected chi connectivity index (χ3v) is 6.97. The van der Waals surface area contributed by atoms with E-state index in [0.29, 0.717) is 0 Å². The number of nitrogens with zero attached hydrogens (tertiary/aromatic N) is 3. The fourth-order valence-corrected chi connectivity index (χ4v) is 4.99.